The Morgan fingerprint density at radius 3 is 2.35 bits per heavy atom. The Morgan fingerprint density at radius 2 is 1.58 bits per heavy atom. The van der Waals surface area contributed by atoms with Crippen LogP contribution in [0.15, 0.2) is 91.3 Å². The van der Waals surface area contributed by atoms with E-state index < -0.39 is 0 Å². The Labute approximate surface area is 178 Å². The average Bonchev–Trinajstić information content (AvgIpc) is 3.20. The first-order valence-corrected chi connectivity index (χ1v) is 9.72. The molecule has 0 spiro atoms. The van der Waals surface area contributed by atoms with Crippen molar-refractivity contribution < 1.29 is 4.79 Å². The molecule has 3 N–H and O–H groups in total. The smallest absolute Gasteiger partial charge is 0.255 e. The molecule has 0 saturated heterocycles. The van der Waals surface area contributed by atoms with E-state index in [9.17, 15) is 4.79 Å². The van der Waals surface area contributed by atoms with Crippen molar-refractivity contribution in [3.05, 3.63) is 96.8 Å². The van der Waals surface area contributed by atoms with Gasteiger partial charge in [-0.25, -0.2) is 15.0 Å². The number of imidazole rings is 1. The molecule has 0 fully saturated rings. The molecule has 5 aromatic rings. The van der Waals surface area contributed by atoms with Gasteiger partial charge in [0.05, 0.1) is 5.56 Å². The fourth-order valence-corrected chi connectivity index (χ4v) is 3.43. The normalized spacial score (nSPS) is 10.8. The number of carbonyl (C=O) groups excluding carboxylic acids is 1. The highest BCUT2D eigenvalue weighted by atomic mass is 16.1. The van der Waals surface area contributed by atoms with E-state index in [0.717, 1.165) is 16.8 Å². The van der Waals surface area contributed by atoms with E-state index in [1.807, 2.05) is 71.3 Å². The summed E-state index contributed by atoms with van der Waals surface area (Å²) in [5.74, 6) is 0.887. The number of nitrogens with zero attached hydrogens (tertiary/aromatic N) is 4. The van der Waals surface area contributed by atoms with E-state index in [0.29, 0.717) is 28.5 Å². The molecule has 3 aromatic heterocycles. The molecule has 0 bridgehead atoms. The van der Waals surface area contributed by atoms with Gasteiger partial charge >= 0.3 is 0 Å². The third-order valence-corrected chi connectivity index (χ3v) is 4.91. The molecule has 0 aliphatic carbocycles. The van der Waals surface area contributed by atoms with Crippen LogP contribution >= 0.6 is 0 Å². The van der Waals surface area contributed by atoms with Gasteiger partial charge in [0.15, 0.2) is 11.5 Å². The summed E-state index contributed by atoms with van der Waals surface area (Å²) in [7, 11) is 0. The maximum atomic E-state index is 12.4. The van der Waals surface area contributed by atoms with Gasteiger partial charge in [-0.1, -0.05) is 18.2 Å². The topological polar surface area (TPSA) is 98.7 Å². The van der Waals surface area contributed by atoms with Gasteiger partial charge in [-0.2, -0.15) is 0 Å². The van der Waals surface area contributed by atoms with Crippen LogP contribution in [0, 0.1) is 0 Å². The number of hydrogen-bond acceptors (Lipinski definition) is 5. The Balaban J connectivity index is 1.55. The minimum absolute atomic E-state index is 0.160. The molecule has 2 aromatic carbocycles. The van der Waals surface area contributed by atoms with Gasteiger partial charge in [0, 0.05) is 29.3 Å². The van der Waals surface area contributed by atoms with Crippen molar-refractivity contribution in [3.8, 4) is 17.1 Å². The Bertz CT molecular complexity index is 1380. The molecule has 31 heavy (non-hydrogen) atoms. The summed E-state index contributed by atoms with van der Waals surface area (Å²) in [6.07, 6.45) is 3.37. The van der Waals surface area contributed by atoms with Crippen molar-refractivity contribution in [1.82, 2.24) is 19.5 Å². The zero-order chi connectivity index (χ0) is 21.2. The Morgan fingerprint density at radius 1 is 0.839 bits per heavy atom. The van der Waals surface area contributed by atoms with Gasteiger partial charge in [0.25, 0.3) is 5.91 Å². The maximum absolute atomic E-state index is 12.4. The largest absolute Gasteiger partial charge is 0.383 e. The average molecular weight is 406 g/mol. The number of nitrogens with one attached hydrogen (secondary N) is 1. The lowest BCUT2D eigenvalue weighted by Crippen LogP contribution is -2.11. The van der Waals surface area contributed by atoms with Crippen molar-refractivity contribution >= 4 is 28.6 Å². The maximum Gasteiger partial charge on any atom is 0.255 e. The number of benzene rings is 2. The van der Waals surface area contributed by atoms with Gasteiger partial charge in [0.1, 0.15) is 11.3 Å². The minimum atomic E-state index is -0.160. The fourth-order valence-electron chi connectivity index (χ4n) is 3.43. The zero-order valence-corrected chi connectivity index (χ0v) is 16.4. The lowest BCUT2D eigenvalue weighted by molar-refractivity contribution is 0.102. The second kappa shape index (κ2) is 7.72. The van der Waals surface area contributed by atoms with Crippen LogP contribution < -0.4 is 11.1 Å². The number of rotatable bonds is 4. The quantitative estimate of drug-likeness (QED) is 0.463. The number of fused-ring (bicyclic) bond motifs is 1. The van der Waals surface area contributed by atoms with Gasteiger partial charge in [-0.05, 0) is 60.7 Å². The molecule has 0 aliphatic rings. The molecule has 0 aliphatic heterocycles. The molecular weight excluding hydrogens is 388 g/mol. The van der Waals surface area contributed by atoms with Gasteiger partial charge < -0.3 is 11.1 Å². The number of nitrogens with two attached hydrogens (primary N) is 1. The summed E-state index contributed by atoms with van der Waals surface area (Å²) in [6, 6.07) is 24.1. The number of hydrogen-bond donors (Lipinski definition) is 2. The molecule has 3 heterocycles. The molecule has 5 rings (SSSR count). The fraction of sp³-hybridized carbons (Fsp3) is 0. The number of carbonyl (C=O) groups is 1. The monoisotopic (exact) mass is 406 g/mol. The van der Waals surface area contributed by atoms with Crippen LogP contribution in [0.4, 0.5) is 11.5 Å². The molecule has 7 nitrogen and oxygen atoms in total. The minimum Gasteiger partial charge on any atom is -0.383 e. The second-order valence-electron chi connectivity index (χ2n) is 6.92. The van der Waals surface area contributed by atoms with Gasteiger partial charge in [-0.15, -0.1) is 0 Å². The molecule has 7 heteroatoms. The Hall–Kier alpha value is -4.52. The highest BCUT2D eigenvalue weighted by Gasteiger charge is 2.17. The summed E-state index contributed by atoms with van der Waals surface area (Å²) in [6.45, 7) is 0. The number of nitrogen functional groups attached to an aromatic ring is 1. The molecule has 0 unspecified atom stereocenters. The summed E-state index contributed by atoms with van der Waals surface area (Å²) >= 11 is 0. The predicted molar refractivity (Wildman–Crippen MR) is 121 cm³/mol. The number of amides is 1. The van der Waals surface area contributed by atoms with Crippen molar-refractivity contribution in [2.75, 3.05) is 11.1 Å². The second-order valence-corrected chi connectivity index (χ2v) is 6.92. The summed E-state index contributed by atoms with van der Waals surface area (Å²) in [4.78, 5) is 25.9. The highest BCUT2D eigenvalue weighted by Crippen LogP contribution is 2.30. The van der Waals surface area contributed by atoms with Crippen molar-refractivity contribution in [1.29, 1.82) is 0 Å². The van der Waals surface area contributed by atoms with E-state index in [-0.39, 0.29) is 5.91 Å². The first kappa shape index (κ1) is 18.5. The van der Waals surface area contributed by atoms with E-state index in [1.54, 1.807) is 24.5 Å². The standard InChI is InChI=1S/C24H18N6O/c25-21-19(8-4-14-26-21)22-29-20-9-5-15-27-23(20)30(22)18-12-10-17(11-13-18)28-24(31)16-6-2-1-3-7-16/h1-15H,(H2,25,26)(H,28,31). The number of pyridine rings is 2. The predicted octanol–water partition coefficient (Wildman–Crippen LogP) is 4.32. The van der Waals surface area contributed by atoms with E-state index in [1.165, 1.54) is 0 Å². The highest BCUT2D eigenvalue weighted by molar-refractivity contribution is 6.04. The van der Waals surface area contributed by atoms with E-state index >= 15 is 0 Å². The van der Waals surface area contributed by atoms with Crippen LogP contribution in [0.2, 0.25) is 0 Å². The molecular formula is C24H18N6O. The Kier molecular flexibility index (Phi) is 4.61. The molecule has 0 saturated carbocycles. The third-order valence-electron chi connectivity index (χ3n) is 4.91. The molecule has 150 valence electrons. The first-order chi connectivity index (χ1) is 15.2. The van der Waals surface area contributed by atoms with E-state index in [4.69, 9.17) is 10.7 Å². The van der Waals surface area contributed by atoms with Gasteiger partial charge in [-0.3, -0.25) is 9.36 Å². The molecule has 1 amide bonds. The number of aromatic nitrogens is 4. The SMILES string of the molecule is Nc1ncccc1-c1nc2cccnc2n1-c1ccc(NC(=O)c2ccccc2)cc1. The van der Waals surface area contributed by atoms with Gasteiger partial charge in [0.2, 0.25) is 0 Å². The third kappa shape index (κ3) is 3.49. The first-order valence-electron chi connectivity index (χ1n) is 9.72. The zero-order valence-electron chi connectivity index (χ0n) is 16.4. The lowest BCUT2D eigenvalue weighted by atomic mass is 10.2. The van der Waals surface area contributed by atoms with Crippen LogP contribution in [0.25, 0.3) is 28.2 Å². The van der Waals surface area contributed by atoms with Crippen LogP contribution in [0.5, 0.6) is 0 Å². The van der Waals surface area contributed by atoms with Crippen LogP contribution in [-0.2, 0) is 0 Å². The molecule has 0 radical (unpaired) electrons. The van der Waals surface area contributed by atoms with Crippen molar-refractivity contribution in [2.24, 2.45) is 0 Å². The summed E-state index contributed by atoms with van der Waals surface area (Å²) < 4.78 is 1.94. The summed E-state index contributed by atoms with van der Waals surface area (Å²) in [5.41, 5.74) is 10.4. The van der Waals surface area contributed by atoms with Crippen molar-refractivity contribution in [2.45, 2.75) is 0 Å². The van der Waals surface area contributed by atoms with Crippen LogP contribution in [0.3, 0.4) is 0 Å². The number of anilines is 2. The summed E-state index contributed by atoms with van der Waals surface area (Å²) in [5, 5.41) is 2.91. The van der Waals surface area contributed by atoms with Crippen molar-refractivity contribution in [3.63, 3.8) is 0 Å². The van der Waals surface area contributed by atoms with Crippen LogP contribution in [0.1, 0.15) is 10.4 Å². The van der Waals surface area contributed by atoms with Crippen LogP contribution in [-0.4, -0.2) is 25.4 Å². The van der Waals surface area contributed by atoms with E-state index in [2.05, 4.69) is 15.3 Å². The molecule has 0 atom stereocenters. The lowest BCUT2D eigenvalue weighted by Gasteiger charge is -2.11.